The zero-order valence-electron chi connectivity index (χ0n) is 13.8. The minimum absolute atomic E-state index is 0.199. The monoisotopic (exact) mass is 339 g/mol. The summed E-state index contributed by atoms with van der Waals surface area (Å²) >= 11 is 0. The molecule has 1 aromatic heterocycles. The molecule has 0 aromatic carbocycles. The lowest BCUT2D eigenvalue weighted by atomic mass is 10.3. The highest BCUT2D eigenvalue weighted by Crippen LogP contribution is 2.12. The fraction of sp³-hybridized carbons (Fsp3) is 0.600. The number of aliphatic imine (C=N–C) groups is 1. The Morgan fingerprint density at radius 3 is 2.61 bits per heavy atom. The summed E-state index contributed by atoms with van der Waals surface area (Å²) in [6.07, 6.45) is 3.66. The van der Waals surface area contributed by atoms with Gasteiger partial charge in [-0.3, -0.25) is 4.99 Å². The van der Waals surface area contributed by atoms with Crippen LogP contribution >= 0.6 is 0 Å². The molecular weight excluding hydrogens is 314 g/mol. The van der Waals surface area contributed by atoms with E-state index in [1.807, 2.05) is 24.4 Å². The number of pyridine rings is 1. The van der Waals surface area contributed by atoms with Gasteiger partial charge in [-0.1, -0.05) is 6.07 Å². The zero-order chi connectivity index (χ0) is 16.7. The van der Waals surface area contributed by atoms with Crippen LogP contribution < -0.4 is 10.2 Å². The first-order valence-corrected chi connectivity index (χ1v) is 9.85. The summed E-state index contributed by atoms with van der Waals surface area (Å²) in [6.45, 7) is 4.12. The Labute approximate surface area is 138 Å². The maximum atomic E-state index is 11.1. The molecule has 8 heteroatoms. The van der Waals surface area contributed by atoms with E-state index in [-0.39, 0.29) is 5.75 Å². The molecule has 0 bridgehead atoms. The van der Waals surface area contributed by atoms with Gasteiger partial charge in [0.1, 0.15) is 15.7 Å². The first-order valence-electron chi connectivity index (χ1n) is 7.79. The number of hydrogen-bond donors (Lipinski definition) is 1. The molecule has 1 fully saturated rings. The van der Waals surface area contributed by atoms with Gasteiger partial charge >= 0.3 is 0 Å². The molecule has 7 nitrogen and oxygen atoms in total. The lowest BCUT2D eigenvalue weighted by Gasteiger charge is -2.37. The van der Waals surface area contributed by atoms with Crippen molar-refractivity contribution in [2.45, 2.75) is 6.42 Å². The number of nitrogens with one attached hydrogen (secondary N) is 1. The summed E-state index contributed by atoms with van der Waals surface area (Å²) in [4.78, 5) is 13.1. The summed E-state index contributed by atoms with van der Waals surface area (Å²) < 4.78 is 22.3. The maximum Gasteiger partial charge on any atom is 0.193 e. The van der Waals surface area contributed by atoms with Gasteiger partial charge in [-0.15, -0.1) is 0 Å². The number of rotatable bonds is 5. The average Bonchev–Trinajstić information content (AvgIpc) is 2.55. The van der Waals surface area contributed by atoms with Gasteiger partial charge in [-0.2, -0.15) is 0 Å². The molecule has 23 heavy (non-hydrogen) atoms. The van der Waals surface area contributed by atoms with E-state index in [9.17, 15) is 8.42 Å². The third-order valence-electron chi connectivity index (χ3n) is 3.74. The van der Waals surface area contributed by atoms with Gasteiger partial charge in [-0.25, -0.2) is 13.4 Å². The molecule has 2 heterocycles. The number of hydrogen-bond acceptors (Lipinski definition) is 5. The van der Waals surface area contributed by atoms with Crippen LogP contribution in [0.5, 0.6) is 0 Å². The van der Waals surface area contributed by atoms with E-state index >= 15 is 0 Å². The molecule has 2 rings (SSSR count). The van der Waals surface area contributed by atoms with Crippen molar-refractivity contribution in [3.8, 4) is 0 Å². The molecule has 1 aromatic rings. The number of piperazine rings is 1. The second-order valence-electron chi connectivity index (χ2n) is 5.62. The van der Waals surface area contributed by atoms with Crippen molar-refractivity contribution < 1.29 is 8.42 Å². The van der Waals surface area contributed by atoms with Gasteiger partial charge in [0.05, 0.1) is 5.75 Å². The lowest BCUT2D eigenvalue weighted by Crippen LogP contribution is -2.52. The fourth-order valence-corrected chi connectivity index (χ4v) is 3.22. The van der Waals surface area contributed by atoms with Crippen LogP contribution in [0, 0.1) is 0 Å². The Balaban J connectivity index is 1.78. The summed E-state index contributed by atoms with van der Waals surface area (Å²) in [5, 5.41) is 3.24. The molecule has 0 saturated carbocycles. The van der Waals surface area contributed by atoms with E-state index in [1.165, 1.54) is 6.26 Å². The van der Waals surface area contributed by atoms with Crippen LogP contribution in [-0.2, 0) is 9.84 Å². The third kappa shape index (κ3) is 5.70. The Morgan fingerprint density at radius 2 is 2.04 bits per heavy atom. The molecule has 1 aliphatic rings. The smallest absolute Gasteiger partial charge is 0.193 e. The highest BCUT2D eigenvalue weighted by molar-refractivity contribution is 7.90. The Kier molecular flexibility index (Phi) is 6.20. The number of anilines is 1. The van der Waals surface area contributed by atoms with Crippen LogP contribution in [0.2, 0.25) is 0 Å². The topological polar surface area (TPSA) is 77.9 Å². The fourth-order valence-electron chi connectivity index (χ4n) is 2.55. The van der Waals surface area contributed by atoms with Crippen molar-refractivity contribution in [1.29, 1.82) is 0 Å². The largest absolute Gasteiger partial charge is 0.356 e. The summed E-state index contributed by atoms with van der Waals surface area (Å²) in [5.41, 5.74) is 0. The molecule has 0 unspecified atom stereocenters. The molecule has 1 N–H and O–H groups in total. The summed E-state index contributed by atoms with van der Waals surface area (Å²) in [5.74, 6) is 2.03. The van der Waals surface area contributed by atoms with E-state index < -0.39 is 9.84 Å². The van der Waals surface area contributed by atoms with E-state index in [2.05, 4.69) is 25.1 Å². The molecule has 0 atom stereocenters. The minimum atomic E-state index is -2.90. The van der Waals surface area contributed by atoms with Gasteiger partial charge in [0.2, 0.25) is 0 Å². The molecule has 0 spiro atoms. The second-order valence-corrected chi connectivity index (χ2v) is 7.88. The van der Waals surface area contributed by atoms with Crippen LogP contribution in [0.25, 0.3) is 0 Å². The van der Waals surface area contributed by atoms with Gasteiger partial charge in [-0.05, 0) is 18.6 Å². The highest BCUT2D eigenvalue weighted by atomic mass is 32.2. The second kappa shape index (κ2) is 8.14. The first kappa shape index (κ1) is 17.5. The van der Waals surface area contributed by atoms with Crippen LogP contribution in [-0.4, -0.2) is 76.0 Å². The van der Waals surface area contributed by atoms with E-state index in [0.29, 0.717) is 13.0 Å². The van der Waals surface area contributed by atoms with E-state index in [1.54, 1.807) is 7.05 Å². The predicted octanol–water partition coefficient (Wildman–Crippen LogP) is 0.214. The lowest BCUT2D eigenvalue weighted by molar-refractivity contribution is 0.371. The Hall–Kier alpha value is -1.83. The van der Waals surface area contributed by atoms with Crippen molar-refractivity contribution >= 4 is 21.6 Å². The van der Waals surface area contributed by atoms with Gasteiger partial charge in [0, 0.05) is 52.2 Å². The van der Waals surface area contributed by atoms with Crippen molar-refractivity contribution in [2.24, 2.45) is 4.99 Å². The third-order valence-corrected chi connectivity index (χ3v) is 4.77. The molecule has 128 valence electrons. The van der Waals surface area contributed by atoms with Gasteiger partial charge < -0.3 is 15.1 Å². The van der Waals surface area contributed by atoms with Crippen molar-refractivity contribution in [1.82, 2.24) is 15.2 Å². The summed E-state index contributed by atoms with van der Waals surface area (Å²) in [6, 6.07) is 5.94. The molecule has 0 radical (unpaired) electrons. The van der Waals surface area contributed by atoms with Crippen molar-refractivity contribution in [3.05, 3.63) is 24.4 Å². The van der Waals surface area contributed by atoms with Gasteiger partial charge in [0.15, 0.2) is 5.96 Å². The quantitative estimate of drug-likeness (QED) is 0.470. The minimum Gasteiger partial charge on any atom is -0.356 e. The SMILES string of the molecule is CN=C(NCCCS(C)(=O)=O)N1CCN(c2ccccn2)CC1. The molecule has 1 aliphatic heterocycles. The van der Waals surface area contributed by atoms with E-state index in [4.69, 9.17) is 0 Å². The van der Waals surface area contributed by atoms with E-state index in [0.717, 1.165) is 38.0 Å². The van der Waals surface area contributed by atoms with Crippen LogP contribution in [0.1, 0.15) is 6.42 Å². The van der Waals surface area contributed by atoms with Gasteiger partial charge in [0.25, 0.3) is 0 Å². The number of nitrogens with zero attached hydrogens (tertiary/aromatic N) is 4. The Bertz CT molecular complexity index is 610. The number of sulfone groups is 1. The first-order chi connectivity index (χ1) is 11.0. The van der Waals surface area contributed by atoms with Crippen LogP contribution in [0.3, 0.4) is 0 Å². The summed E-state index contributed by atoms with van der Waals surface area (Å²) in [7, 11) is -1.14. The number of guanidine groups is 1. The Morgan fingerprint density at radius 1 is 1.30 bits per heavy atom. The van der Waals surface area contributed by atoms with Crippen molar-refractivity contribution in [2.75, 3.05) is 56.7 Å². The molecule has 0 amide bonds. The molecule has 0 aliphatic carbocycles. The molecular formula is C15H25N5O2S. The van der Waals surface area contributed by atoms with Crippen molar-refractivity contribution in [3.63, 3.8) is 0 Å². The normalized spacial score (nSPS) is 16.5. The average molecular weight is 339 g/mol. The standard InChI is InChI=1S/C15H25N5O2S/c1-16-15(18-8-5-13-23(2,21)22)20-11-9-19(10-12-20)14-6-3-4-7-17-14/h3-4,6-7H,5,8-13H2,1-2H3,(H,16,18). The highest BCUT2D eigenvalue weighted by Gasteiger charge is 2.20. The zero-order valence-corrected chi connectivity index (χ0v) is 14.6. The number of aromatic nitrogens is 1. The van der Waals surface area contributed by atoms with Crippen LogP contribution in [0.4, 0.5) is 5.82 Å². The maximum absolute atomic E-state index is 11.1. The molecule has 1 saturated heterocycles. The van der Waals surface area contributed by atoms with Crippen LogP contribution in [0.15, 0.2) is 29.4 Å². The predicted molar refractivity (Wildman–Crippen MR) is 93.7 cm³/mol.